The zero-order valence-corrected chi connectivity index (χ0v) is 14.1. The Morgan fingerprint density at radius 3 is 2.58 bits per heavy atom. The number of hydrogen-bond donors (Lipinski definition) is 1. The molecule has 0 fully saturated rings. The van der Waals surface area contributed by atoms with Crippen LogP contribution in [0.2, 0.25) is 5.02 Å². The molecular weight excluding hydrogens is 326 g/mol. The van der Waals surface area contributed by atoms with Gasteiger partial charge >= 0.3 is 5.97 Å². The van der Waals surface area contributed by atoms with Gasteiger partial charge in [0.2, 0.25) is 0 Å². The summed E-state index contributed by atoms with van der Waals surface area (Å²) in [7, 11) is 0. The summed E-state index contributed by atoms with van der Waals surface area (Å²) in [5, 5.41) is 11.7. The normalized spacial score (nSPS) is 11.0. The van der Waals surface area contributed by atoms with Crippen molar-refractivity contribution in [2.24, 2.45) is 0 Å². The van der Waals surface area contributed by atoms with E-state index in [1.54, 1.807) is 13.0 Å². The first kappa shape index (κ1) is 16.6. The van der Waals surface area contributed by atoms with Gasteiger partial charge in [0.25, 0.3) is 0 Å². The van der Waals surface area contributed by atoms with Crippen LogP contribution in [0, 0.1) is 0 Å². The molecule has 0 bridgehead atoms. The van der Waals surface area contributed by atoms with Crippen LogP contribution in [0.15, 0.2) is 48.5 Å². The van der Waals surface area contributed by atoms with Gasteiger partial charge in [0.1, 0.15) is 5.69 Å². The molecule has 0 aliphatic heterocycles. The number of halogens is 1. The van der Waals surface area contributed by atoms with Crippen molar-refractivity contribution in [1.82, 2.24) is 4.57 Å². The highest BCUT2D eigenvalue weighted by Crippen LogP contribution is 2.36. The highest BCUT2D eigenvalue weighted by atomic mass is 35.5. The maximum atomic E-state index is 12.5. The van der Waals surface area contributed by atoms with E-state index in [4.69, 9.17) is 16.3 Å². The van der Waals surface area contributed by atoms with E-state index < -0.39 is 5.97 Å². The minimum Gasteiger partial charge on any atom is -0.461 e. The van der Waals surface area contributed by atoms with Crippen LogP contribution in [0.3, 0.4) is 0 Å². The van der Waals surface area contributed by atoms with Crippen LogP contribution < -0.4 is 0 Å². The van der Waals surface area contributed by atoms with Gasteiger partial charge in [0.05, 0.1) is 18.9 Å². The smallest absolute Gasteiger partial charge is 0.355 e. The van der Waals surface area contributed by atoms with Crippen molar-refractivity contribution in [3.63, 3.8) is 0 Å². The van der Waals surface area contributed by atoms with E-state index >= 15 is 0 Å². The lowest BCUT2D eigenvalue weighted by molar-refractivity contribution is 0.0515. The lowest BCUT2D eigenvalue weighted by Crippen LogP contribution is -2.15. The summed E-state index contributed by atoms with van der Waals surface area (Å²) < 4.78 is 7.04. The Labute approximate surface area is 145 Å². The van der Waals surface area contributed by atoms with Crippen LogP contribution in [0.1, 0.15) is 17.4 Å². The van der Waals surface area contributed by atoms with Crippen LogP contribution in [-0.4, -0.2) is 28.9 Å². The number of hydrogen-bond acceptors (Lipinski definition) is 3. The zero-order valence-electron chi connectivity index (χ0n) is 13.3. The monoisotopic (exact) mass is 343 g/mol. The summed E-state index contributed by atoms with van der Waals surface area (Å²) in [5.41, 5.74) is 2.25. The van der Waals surface area contributed by atoms with Crippen molar-refractivity contribution in [3.8, 4) is 11.3 Å². The van der Waals surface area contributed by atoms with Crippen molar-refractivity contribution >= 4 is 28.3 Å². The molecule has 1 heterocycles. The number of benzene rings is 2. The summed E-state index contributed by atoms with van der Waals surface area (Å²) in [5.74, 6) is -0.402. The second-order valence-corrected chi connectivity index (χ2v) is 5.79. The molecule has 0 unspecified atom stereocenters. The number of carbonyl (C=O) groups is 1. The number of aliphatic hydroxyl groups excluding tert-OH is 1. The molecule has 124 valence electrons. The van der Waals surface area contributed by atoms with Gasteiger partial charge in [-0.25, -0.2) is 4.79 Å². The van der Waals surface area contributed by atoms with Crippen LogP contribution in [0.5, 0.6) is 0 Å². The van der Waals surface area contributed by atoms with Crippen molar-refractivity contribution in [3.05, 3.63) is 59.2 Å². The number of aliphatic hydroxyl groups is 1. The molecule has 0 saturated heterocycles. The van der Waals surface area contributed by atoms with Gasteiger partial charge in [0.15, 0.2) is 0 Å². The Bertz CT molecular complexity index is 871. The minimum absolute atomic E-state index is 0.0824. The Morgan fingerprint density at radius 2 is 1.92 bits per heavy atom. The molecule has 0 atom stereocenters. The molecule has 0 saturated carbocycles. The van der Waals surface area contributed by atoms with E-state index in [0.717, 1.165) is 22.0 Å². The molecule has 4 nitrogen and oxygen atoms in total. The molecule has 3 aromatic rings. The molecular formula is C19H18ClNO3. The first-order chi connectivity index (χ1) is 11.7. The summed E-state index contributed by atoms with van der Waals surface area (Å²) >= 11 is 6.18. The van der Waals surface area contributed by atoms with Crippen molar-refractivity contribution in [1.29, 1.82) is 0 Å². The van der Waals surface area contributed by atoms with Gasteiger partial charge in [-0.15, -0.1) is 0 Å². The van der Waals surface area contributed by atoms with E-state index in [0.29, 0.717) is 23.9 Å². The molecule has 0 radical (unpaired) electrons. The lowest BCUT2D eigenvalue weighted by atomic mass is 10.1. The molecule has 0 aliphatic carbocycles. The van der Waals surface area contributed by atoms with Crippen LogP contribution in [-0.2, 0) is 11.3 Å². The summed E-state index contributed by atoms with van der Waals surface area (Å²) in [6, 6.07) is 15.2. The Kier molecular flexibility index (Phi) is 4.88. The van der Waals surface area contributed by atoms with Crippen LogP contribution in [0.25, 0.3) is 22.0 Å². The van der Waals surface area contributed by atoms with Gasteiger partial charge < -0.3 is 14.4 Å². The Hall–Kier alpha value is -2.30. The standard InChI is InChI=1S/C19H18ClNO3/c1-2-24-19(23)18-15-9-8-14(20)12-16(15)17(21(18)10-11-22)13-6-4-3-5-7-13/h3-9,12,22H,2,10-11H2,1H3. The topological polar surface area (TPSA) is 51.5 Å². The van der Waals surface area contributed by atoms with Crippen molar-refractivity contribution in [2.75, 3.05) is 13.2 Å². The van der Waals surface area contributed by atoms with Gasteiger partial charge in [-0.1, -0.05) is 48.0 Å². The molecule has 24 heavy (non-hydrogen) atoms. The van der Waals surface area contributed by atoms with E-state index in [1.807, 2.05) is 47.0 Å². The number of ether oxygens (including phenoxy) is 1. The number of esters is 1. The van der Waals surface area contributed by atoms with E-state index in [2.05, 4.69) is 0 Å². The molecule has 5 heteroatoms. The third-order valence-electron chi connectivity index (χ3n) is 3.87. The second kappa shape index (κ2) is 7.07. The van der Waals surface area contributed by atoms with Gasteiger partial charge in [0, 0.05) is 22.3 Å². The number of nitrogens with zero attached hydrogens (tertiary/aromatic N) is 1. The quantitative estimate of drug-likeness (QED) is 0.709. The Balaban J connectivity index is 2.37. The van der Waals surface area contributed by atoms with E-state index in [-0.39, 0.29) is 6.61 Å². The number of rotatable bonds is 5. The molecule has 0 spiro atoms. The minimum atomic E-state index is -0.402. The lowest BCUT2D eigenvalue weighted by Gasteiger charge is -2.12. The number of carbonyl (C=O) groups excluding carboxylic acids is 1. The van der Waals surface area contributed by atoms with Crippen LogP contribution in [0.4, 0.5) is 0 Å². The SMILES string of the molecule is CCOC(=O)c1c2ccc(Cl)cc2c(-c2ccccc2)n1CCO. The molecule has 2 aromatic carbocycles. The van der Waals surface area contributed by atoms with Gasteiger partial charge in [-0.3, -0.25) is 0 Å². The molecule has 1 N–H and O–H groups in total. The maximum absolute atomic E-state index is 12.5. The number of aromatic nitrogens is 1. The average Bonchev–Trinajstić information content (AvgIpc) is 2.89. The van der Waals surface area contributed by atoms with Gasteiger partial charge in [-0.2, -0.15) is 0 Å². The summed E-state index contributed by atoms with van der Waals surface area (Å²) in [6.07, 6.45) is 0. The highest BCUT2D eigenvalue weighted by molar-refractivity contribution is 6.31. The Morgan fingerprint density at radius 1 is 1.17 bits per heavy atom. The van der Waals surface area contributed by atoms with E-state index in [1.165, 1.54) is 0 Å². The van der Waals surface area contributed by atoms with Crippen LogP contribution >= 0.6 is 11.6 Å². The third kappa shape index (κ3) is 2.90. The number of fused-ring (bicyclic) bond motifs is 1. The molecule has 1 aromatic heterocycles. The molecule has 0 amide bonds. The third-order valence-corrected chi connectivity index (χ3v) is 4.11. The summed E-state index contributed by atoms with van der Waals surface area (Å²) in [6.45, 7) is 2.28. The predicted molar refractivity (Wildman–Crippen MR) is 95.4 cm³/mol. The largest absolute Gasteiger partial charge is 0.461 e. The first-order valence-electron chi connectivity index (χ1n) is 7.82. The maximum Gasteiger partial charge on any atom is 0.355 e. The first-order valence-corrected chi connectivity index (χ1v) is 8.20. The predicted octanol–water partition coefficient (Wildman–Crippen LogP) is 4.13. The van der Waals surface area contributed by atoms with E-state index in [9.17, 15) is 9.90 Å². The average molecular weight is 344 g/mol. The molecule has 0 aliphatic rings. The zero-order chi connectivity index (χ0) is 17.1. The fourth-order valence-corrected chi connectivity index (χ4v) is 3.14. The highest BCUT2D eigenvalue weighted by Gasteiger charge is 2.23. The second-order valence-electron chi connectivity index (χ2n) is 5.35. The molecule has 3 rings (SSSR count). The van der Waals surface area contributed by atoms with Crippen molar-refractivity contribution in [2.45, 2.75) is 13.5 Å². The van der Waals surface area contributed by atoms with Gasteiger partial charge in [-0.05, 0) is 24.6 Å². The fourth-order valence-electron chi connectivity index (χ4n) is 2.97. The summed E-state index contributed by atoms with van der Waals surface area (Å²) in [4.78, 5) is 12.5. The van der Waals surface area contributed by atoms with Crippen molar-refractivity contribution < 1.29 is 14.6 Å². The fraction of sp³-hybridized carbons (Fsp3) is 0.211.